The molecule has 1 atom stereocenters. The molecule has 2 aliphatic heterocycles. The standard InChI is InChI=1S/C12H24N/c1-12-6-5-10-13(11-7-12)8-3-2-4-9-13/h12H,2-11H2,1H3/q+1. The third-order valence-electron chi connectivity index (χ3n) is 4.19. The van der Waals surface area contributed by atoms with Crippen molar-refractivity contribution in [2.45, 2.75) is 45.4 Å². The Kier molecular flexibility index (Phi) is 2.92. The van der Waals surface area contributed by atoms with Gasteiger partial charge in [-0.05, 0) is 44.4 Å². The molecule has 76 valence electrons. The van der Waals surface area contributed by atoms with Crippen LogP contribution < -0.4 is 0 Å². The molecule has 0 aromatic rings. The first kappa shape index (κ1) is 9.51. The van der Waals surface area contributed by atoms with Crippen LogP contribution in [-0.4, -0.2) is 30.7 Å². The molecule has 2 saturated heterocycles. The number of rotatable bonds is 0. The molecule has 13 heavy (non-hydrogen) atoms. The monoisotopic (exact) mass is 182 g/mol. The van der Waals surface area contributed by atoms with Crippen LogP contribution in [0, 0.1) is 5.92 Å². The minimum Gasteiger partial charge on any atom is -0.324 e. The van der Waals surface area contributed by atoms with Crippen molar-refractivity contribution in [2.75, 3.05) is 26.2 Å². The normalized spacial score (nSPS) is 34.4. The predicted octanol–water partition coefficient (Wildman–Crippen LogP) is 2.81. The van der Waals surface area contributed by atoms with E-state index in [0.717, 1.165) is 5.92 Å². The summed E-state index contributed by atoms with van der Waals surface area (Å²) in [6.45, 7) is 8.40. The van der Waals surface area contributed by atoms with Gasteiger partial charge in [-0.3, -0.25) is 0 Å². The molecule has 0 aromatic heterocycles. The molecule has 0 aliphatic carbocycles. The third-order valence-corrected chi connectivity index (χ3v) is 4.19. The fourth-order valence-electron chi connectivity index (χ4n) is 3.16. The van der Waals surface area contributed by atoms with Gasteiger partial charge in [-0.15, -0.1) is 0 Å². The van der Waals surface area contributed by atoms with Crippen molar-refractivity contribution in [1.82, 2.24) is 0 Å². The molecule has 0 saturated carbocycles. The predicted molar refractivity (Wildman–Crippen MR) is 56.6 cm³/mol. The smallest absolute Gasteiger partial charge is 0.0789 e. The summed E-state index contributed by atoms with van der Waals surface area (Å²) in [7, 11) is 0. The van der Waals surface area contributed by atoms with E-state index in [9.17, 15) is 0 Å². The second kappa shape index (κ2) is 4.00. The van der Waals surface area contributed by atoms with Crippen LogP contribution >= 0.6 is 0 Å². The Hall–Kier alpha value is -0.0400. The number of piperidine rings is 1. The Labute approximate surface area is 82.7 Å². The summed E-state index contributed by atoms with van der Waals surface area (Å²) in [5, 5.41) is 0. The number of quaternary nitrogens is 1. The van der Waals surface area contributed by atoms with Crippen molar-refractivity contribution < 1.29 is 4.48 Å². The van der Waals surface area contributed by atoms with Gasteiger partial charge in [0.05, 0.1) is 26.2 Å². The molecule has 1 heteroatoms. The maximum atomic E-state index is 2.44. The highest BCUT2D eigenvalue weighted by atomic mass is 15.4. The lowest BCUT2D eigenvalue weighted by atomic mass is 10.0. The molecule has 2 aliphatic rings. The van der Waals surface area contributed by atoms with Crippen LogP contribution in [0.15, 0.2) is 0 Å². The number of hydrogen-bond donors (Lipinski definition) is 0. The topological polar surface area (TPSA) is 0 Å². The van der Waals surface area contributed by atoms with E-state index in [1.165, 1.54) is 69.2 Å². The molecular weight excluding hydrogens is 158 g/mol. The van der Waals surface area contributed by atoms with E-state index in [1.54, 1.807) is 0 Å². The van der Waals surface area contributed by atoms with E-state index in [1.807, 2.05) is 0 Å². The van der Waals surface area contributed by atoms with Gasteiger partial charge in [0.15, 0.2) is 0 Å². The Balaban J connectivity index is 1.95. The molecule has 0 aromatic carbocycles. The summed E-state index contributed by atoms with van der Waals surface area (Å²) in [4.78, 5) is 0. The maximum absolute atomic E-state index is 2.44. The lowest BCUT2D eigenvalue weighted by Crippen LogP contribution is -2.51. The lowest BCUT2D eigenvalue weighted by molar-refractivity contribution is -0.931. The molecule has 2 fully saturated rings. The van der Waals surface area contributed by atoms with Crippen molar-refractivity contribution in [1.29, 1.82) is 0 Å². The van der Waals surface area contributed by atoms with Crippen molar-refractivity contribution in [3.8, 4) is 0 Å². The van der Waals surface area contributed by atoms with Gasteiger partial charge in [0, 0.05) is 0 Å². The molecule has 0 amide bonds. The zero-order valence-corrected chi connectivity index (χ0v) is 9.10. The van der Waals surface area contributed by atoms with Crippen LogP contribution in [-0.2, 0) is 0 Å². The number of hydrogen-bond acceptors (Lipinski definition) is 0. The van der Waals surface area contributed by atoms with Crippen LogP contribution in [0.3, 0.4) is 0 Å². The highest BCUT2D eigenvalue weighted by Crippen LogP contribution is 2.26. The molecule has 1 nitrogen and oxygen atoms in total. The fourth-order valence-corrected chi connectivity index (χ4v) is 3.16. The number of nitrogens with zero attached hydrogens (tertiary/aromatic N) is 1. The van der Waals surface area contributed by atoms with E-state index in [0.29, 0.717) is 0 Å². The van der Waals surface area contributed by atoms with Crippen LogP contribution in [0.1, 0.15) is 45.4 Å². The van der Waals surface area contributed by atoms with Crippen molar-refractivity contribution >= 4 is 0 Å². The van der Waals surface area contributed by atoms with Crippen molar-refractivity contribution in [3.63, 3.8) is 0 Å². The molecule has 0 bridgehead atoms. The van der Waals surface area contributed by atoms with Crippen LogP contribution in [0.25, 0.3) is 0 Å². The molecule has 2 heterocycles. The third kappa shape index (κ3) is 2.25. The van der Waals surface area contributed by atoms with Gasteiger partial charge >= 0.3 is 0 Å². The second-order valence-electron chi connectivity index (χ2n) is 5.33. The SMILES string of the molecule is CC1CCC[N+]2(CCCCC2)CC1. The van der Waals surface area contributed by atoms with E-state index < -0.39 is 0 Å². The van der Waals surface area contributed by atoms with Gasteiger partial charge in [0.2, 0.25) is 0 Å². The Bertz CT molecular complexity index is 159. The molecule has 0 N–H and O–H groups in total. The highest BCUT2D eigenvalue weighted by Gasteiger charge is 2.31. The van der Waals surface area contributed by atoms with Crippen LogP contribution in [0.4, 0.5) is 0 Å². The van der Waals surface area contributed by atoms with Crippen LogP contribution in [0.5, 0.6) is 0 Å². The molecular formula is C12H24N+. The largest absolute Gasteiger partial charge is 0.324 e. The highest BCUT2D eigenvalue weighted by molar-refractivity contribution is 4.62. The van der Waals surface area contributed by atoms with E-state index in [-0.39, 0.29) is 0 Å². The molecule has 1 unspecified atom stereocenters. The summed E-state index contributed by atoms with van der Waals surface area (Å²) < 4.78 is 1.49. The molecule has 2 rings (SSSR count). The van der Waals surface area contributed by atoms with Crippen molar-refractivity contribution in [3.05, 3.63) is 0 Å². The van der Waals surface area contributed by atoms with Gasteiger partial charge in [-0.1, -0.05) is 6.92 Å². The Morgan fingerprint density at radius 2 is 1.46 bits per heavy atom. The first-order valence-electron chi connectivity index (χ1n) is 6.16. The van der Waals surface area contributed by atoms with Gasteiger partial charge in [-0.2, -0.15) is 0 Å². The first-order chi connectivity index (χ1) is 6.31. The average molecular weight is 182 g/mol. The van der Waals surface area contributed by atoms with Gasteiger partial charge in [0.25, 0.3) is 0 Å². The summed E-state index contributed by atoms with van der Waals surface area (Å²) in [5.74, 6) is 0.999. The molecule has 1 spiro atoms. The second-order valence-corrected chi connectivity index (χ2v) is 5.33. The quantitative estimate of drug-likeness (QED) is 0.505. The average Bonchev–Trinajstić information content (AvgIpc) is 2.32. The fraction of sp³-hybridized carbons (Fsp3) is 1.00. The van der Waals surface area contributed by atoms with E-state index in [2.05, 4.69) is 6.92 Å². The summed E-state index contributed by atoms with van der Waals surface area (Å²) in [6, 6.07) is 0. The first-order valence-corrected chi connectivity index (χ1v) is 6.16. The Morgan fingerprint density at radius 3 is 2.23 bits per heavy atom. The summed E-state index contributed by atoms with van der Waals surface area (Å²) in [5.41, 5.74) is 0. The minimum atomic E-state index is 0.999. The summed E-state index contributed by atoms with van der Waals surface area (Å²) >= 11 is 0. The lowest BCUT2D eigenvalue weighted by Gasteiger charge is -2.41. The van der Waals surface area contributed by atoms with E-state index in [4.69, 9.17) is 0 Å². The Morgan fingerprint density at radius 1 is 0.769 bits per heavy atom. The zero-order chi connectivity index (χ0) is 9.15. The summed E-state index contributed by atoms with van der Waals surface area (Å²) in [6.07, 6.45) is 8.94. The minimum absolute atomic E-state index is 0.999. The van der Waals surface area contributed by atoms with Gasteiger partial charge in [-0.25, -0.2) is 0 Å². The zero-order valence-electron chi connectivity index (χ0n) is 9.10. The maximum Gasteiger partial charge on any atom is 0.0789 e. The van der Waals surface area contributed by atoms with Crippen molar-refractivity contribution in [2.24, 2.45) is 5.92 Å². The van der Waals surface area contributed by atoms with E-state index >= 15 is 0 Å². The molecule has 0 radical (unpaired) electrons. The van der Waals surface area contributed by atoms with Gasteiger partial charge in [0.1, 0.15) is 0 Å². The van der Waals surface area contributed by atoms with Gasteiger partial charge < -0.3 is 4.48 Å². The van der Waals surface area contributed by atoms with Crippen LogP contribution in [0.2, 0.25) is 0 Å².